The van der Waals surface area contributed by atoms with Crippen LogP contribution in [0.15, 0.2) is 24.3 Å². The predicted molar refractivity (Wildman–Crippen MR) is 67.8 cm³/mol. The zero-order chi connectivity index (χ0) is 10.4. The van der Waals surface area contributed by atoms with Crippen molar-refractivity contribution >= 4 is 15.9 Å². The van der Waals surface area contributed by atoms with E-state index in [-0.39, 0.29) is 0 Å². The highest BCUT2D eigenvalue weighted by atomic mass is 79.9. The zero-order valence-electron chi connectivity index (χ0n) is 9.25. The molecule has 0 aromatic carbocycles. The number of alkyl halides is 1. The lowest BCUT2D eigenvalue weighted by Gasteiger charge is -2.14. The van der Waals surface area contributed by atoms with Crippen LogP contribution in [0.1, 0.15) is 39.5 Å². The summed E-state index contributed by atoms with van der Waals surface area (Å²) in [6, 6.07) is 0. The number of halogens is 1. The Balaban J connectivity index is 2.06. The maximum atomic E-state index is 3.77. The summed E-state index contributed by atoms with van der Waals surface area (Å²) in [5.74, 6) is 1.49. The fourth-order valence-corrected chi connectivity index (χ4v) is 2.45. The van der Waals surface area contributed by atoms with Gasteiger partial charge in [0, 0.05) is 10.7 Å². The van der Waals surface area contributed by atoms with Gasteiger partial charge in [-0.25, -0.2) is 0 Å². The van der Waals surface area contributed by atoms with E-state index in [9.17, 15) is 0 Å². The maximum absolute atomic E-state index is 3.77. The summed E-state index contributed by atoms with van der Waals surface area (Å²) in [6.45, 7) is 4.60. The van der Waals surface area contributed by atoms with Crippen molar-refractivity contribution in [1.29, 1.82) is 0 Å². The summed E-state index contributed by atoms with van der Waals surface area (Å²) in [7, 11) is 0. The van der Waals surface area contributed by atoms with Gasteiger partial charge < -0.3 is 0 Å². The van der Waals surface area contributed by atoms with Crippen LogP contribution in [-0.2, 0) is 0 Å². The van der Waals surface area contributed by atoms with E-state index in [1.54, 1.807) is 0 Å². The molecular formula is C13H21Br. The Kier molecular flexibility index (Phi) is 5.54. The minimum atomic E-state index is 0.633. The second-order valence-corrected chi connectivity index (χ2v) is 5.72. The molecule has 0 aromatic rings. The highest BCUT2D eigenvalue weighted by molar-refractivity contribution is 9.09. The first-order valence-electron chi connectivity index (χ1n) is 5.69. The third-order valence-corrected chi connectivity index (χ3v) is 3.78. The van der Waals surface area contributed by atoms with Gasteiger partial charge in [0.25, 0.3) is 0 Å². The van der Waals surface area contributed by atoms with Gasteiger partial charge in [0.15, 0.2) is 0 Å². The van der Waals surface area contributed by atoms with Crippen LogP contribution in [0.25, 0.3) is 0 Å². The monoisotopic (exact) mass is 256 g/mol. The molecule has 0 nitrogen and oxygen atoms in total. The van der Waals surface area contributed by atoms with Crippen LogP contribution in [-0.4, -0.2) is 4.83 Å². The number of hydrogen-bond donors (Lipinski definition) is 0. The Hall–Kier alpha value is -0.0400. The molecular weight excluding hydrogens is 236 g/mol. The molecule has 1 atom stereocenters. The van der Waals surface area contributed by atoms with Crippen molar-refractivity contribution < 1.29 is 0 Å². The van der Waals surface area contributed by atoms with E-state index >= 15 is 0 Å². The lowest BCUT2D eigenvalue weighted by Crippen LogP contribution is -2.08. The maximum Gasteiger partial charge on any atom is 0.0243 e. The molecule has 80 valence electrons. The number of unbranched alkanes of at least 4 members (excludes halogenated alkanes) is 1. The van der Waals surface area contributed by atoms with Crippen LogP contribution in [0.4, 0.5) is 0 Å². The Labute approximate surface area is 96.6 Å². The summed E-state index contributed by atoms with van der Waals surface area (Å²) in [6.07, 6.45) is 14.2. The fourth-order valence-electron chi connectivity index (χ4n) is 1.77. The predicted octanol–water partition coefficient (Wildman–Crippen LogP) is 4.71. The lowest BCUT2D eigenvalue weighted by atomic mass is 10.00. The molecule has 14 heavy (non-hydrogen) atoms. The van der Waals surface area contributed by atoms with Crippen LogP contribution < -0.4 is 0 Å². The second kappa shape index (κ2) is 6.44. The first-order valence-corrected chi connectivity index (χ1v) is 6.61. The third kappa shape index (κ3) is 4.45. The van der Waals surface area contributed by atoms with Gasteiger partial charge in [-0.1, -0.05) is 73.3 Å². The van der Waals surface area contributed by atoms with E-state index < -0.39 is 0 Å². The molecule has 0 aromatic heterocycles. The van der Waals surface area contributed by atoms with Gasteiger partial charge >= 0.3 is 0 Å². The molecule has 0 saturated carbocycles. The van der Waals surface area contributed by atoms with Gasteiger partial charge in [-0.2, -0.15) is 0 Å². The van der Waals surface area contributed by atoms with Gasteiger partial charge in [0.05, 0.1) is 0 Å². The van der Waals surface area contributed by atoms with Crippen molar-refractivity contribution in [2.75, 3.05) is 0 Å². The van der Waals surface area contributed by atoms with Crippen molar-refractivity contribution in [2.24, 2.45) is 11.8 Å². The van der Waals surface area contributed by atoms with Gasteiger partial charge in [-0.05, 0) is 12.3 Å². The Morgan fingerprint density at radius 1 is 1.07 bits per heavy atom. The van der Waals surface area contributed by atoms with Crippen molar-refractivity contribution in [3.05, 3.63) is 24.3 Å². The first-order chi connectivity index (χ1) is 6.70. The van der Waals surface area contributed by atoms with Crippen molar-refractivity contribution in [3.63, 3.8) is 0 Å². The van der Waals surface area contributed by atoms with Gasteiger partial charge in [-0.3, -0.25) is 0 Å². The molecule has 0 saturated heterocycles. The SMILES string of the molecule is CC(C)CCCCC(Br)C1C=CC=C1. The molecule has 1 unspecified atom stereocenters. The molecule has 0 heterocycles. The van der Waals surface area contributed by atoms with Crippen LogP contribution >= 0.6 is 15.9 Å². The summed E-state index contributed by atoms with van der Waals surface area (Å²) in [4.78, 5) is 0.643. The van der Waals surface area contributed by atoms with E-state index in [4.69, 9.17) is 0 Å². The number of allylic oxidation sites excluding steroid dienone is 4. The Bertz CT molecular complexity index is 191. The van der Waals surface area contributed by atoms with E-state index in [0.29, 0.717) is 10.7 Å². The normalized spacial score (nSPS) is 18.3. The first kappa shape index (κ1) is 12.0. The fraction of sp³-hybridized carbons (Fsp3) is 0.692. The molecule has 0 fully saturated rings. The summed E-state index contributed by atoms with van der Waals surface area (Å²) >= 11 is 3.77. The quantitative estimate of drug-likeness (QED) is 0.477. The largest absolute Gasteiger partial charge is 0.0881 e. The third-order valence-electron chi connectivity index (χ3n) is 2.71. The molecule has 0 aliphatic heterocycles. The minimum Gasteiger partial charge on any atom is -0.0881 e. The van der Waals surface area contributed by atoms with Crippen LogP contribution in [0, 0.1) is 11.8 Å². The summed E-state index contributed by atoms with van der Waals surface area (Å²) in [5.41, 5.74) is 0. The molecule has 0 bridgehead atoms. The molecule has 0 spiro atoms. The molecule has 0 N–H and O–H groups in total. The highest BCUT2D eigenvalue weighted by Gasteiger charge is 2.14. The highest BCUT2D eigenvalue weighted by Crippen LogP contribution is 2.25. The van der Waals surface area contributed by atoms with Crippen LogP contribution in [0.2, 0.25) is 0 Å². The standard InChI is InChI=1S/C13H21Br/c1-11(2)7-3-6-10-13(14)12-8-4-5-9-12/h4-5,8-9,11-13H,3,6-7,10H2,1-2H3. The van der Waals surface area contributed by atoms with E-state index in [1.165, 1.54) is 25.7 Å². The Morgan fingerprint density at radius 2 is 1.64 bits per heavy atom. The van der Waals surface area contributed by atoms with E-state index in [1.807, 2.05) is 0 Å². The average Bonchev–Trinajstić information content (AvgIpc) is 2.64. The van der Waals surface area contributed by atoms with Crippen molar-refractivity contribution in [2.45, 2.75) is 44.4 Å². The molecule has 0 radical (unpaired) electrons. The zero-order valence-corrected chi connectivity index (χ0v) is 10.8. The molecule has 1 heteroatoms. The van der Waals surface area contributed by atoms with E-state index in [2.05, 4.69) is 54.1 Å². The van der Waals surface area contributed by atoms with Crippen molar-refractivity contribution in [3.8, 4) is 0 Å². The number of hydrogen-bond acceptors (Lipinski definition) is 0. The molecule has 1 rings (SSSR count). The van der Waals surface area contributed by atoms with Gasteiger partial charge in [-0.15, -0.1) is 0 Å². The minimum absolute atomic E-state index is 0.633. The van der Waals surface area contributed by atoms with Crippen LogP contribution in [0.3, 0.4) is 0 Å². The summed E-state index contributed by atoms with van der Waals surface area (Å²) < 4.78 is 0. The topological polar surface area (TPSA) is 0 Å². The lowest BCUT2D eigenvalue weighted by molar-refractivity contribution is 0.517. The summed E-state index contributed by atoms with van der Waals surface area (Å²) in [5, 5.41) is 0. The van der Waals surface area contributed by atoms with E-state index in [0.717, 1.165) is 5.92 Å². The smallest absolute Gasteiger partial charge is 0.0243 e. The van der Waals surface area contributed by atoms with Gasteiger partial charge in [0.2, 0.25) is 0 Å². The average molecular weight is 257 g/mol. The second-order valence-electron chi connectivity index (χ2n) is 4.54. The molecule has 0 amide bonds. The number of rotatable bonds is 6. The molecule has 1 aliphatic carbocycles. The van der Waals surface area contributed by atoms with Crippen LogP contribution in [0.5, 0.6) is 0 Å². The Morgan fingerprint density at radius 3 is 2.21 bits per heavy atom. The van der Waals surface area contributed by atoms with Crippen molar-refractivity contribution in [1.82, 2.24) is 0 Å². The molecule has 1 aliphatic rings. The van der Waals surface area contributed by atoms with Gasteiger partial charge in [0.1, 0.15) is 0 Å².